The van der Waals surface area contributed by atoms with Gasteiger partial charge in [-0.15, -0.1) is 0 Å². The number of rotatable bonds is 5. The van der Waals surface area contributed by atoms with E-state index in [1.165, 1.54) is 5.56 Å². The predicted octanol–water partition coefficient (Wildman–Crippen LogP) is 2.08. The molecule has 0 aromatic heterocycles. The molecule has 1 atom stereocenters. The lowest BCUT2D eigenvalue weighted by Gasteiger charge is -2.28. The lowest BCUT2D eigenvalue weighted by atomic mass is 10.1. The molecular formula is C15H22N2O2S. The summed E-state index contributed by atoms with van der Waals surface area (Å²) in [6, 6.07) is 8.37. The maximum Gasteiger partial charge on any atom is 0.123 e. The Labute approximate surface area is 124 Å². The van der Waals surface area contributed by atoms with Crippen molar-refractivity contribution in [1.82, 2.24) is 9.62 Å². The molecule has 0 bridgehead atoms. The number of fused-ring (bicyclic) bond motifs is 1. The van der Waals surface area contributed by atoms with E-state index in [-0.39, 0.29) is 0 Å². The van der Waals surface area contributed by atoms with Crippen molar-refractivity contribution in [3.05, 3.63) is 29.8 Å². The standard InChI is InChI=1S/C15H22N2O2S/c1-2-4-14-13(3-1)15(5-10-19-14)20-16-6-7-17-8-11-18-12-9-17/h1-4,15-16H,5-12H2. The van der Waals surface area contributed by atoms with Crippen LogP contribution >= 0.6 is 11.9 Å². The second kappa shape index (κ2) is 7.31. The van der Waals surface area contributed by atoms with E-state index in [4.69, 9.17) is 9.47 Å². The molecule has 2 aliphatic rings. The highest BCUT2D eigenvalue weighted by atomic mass is 32.2. The average Bonchev–Trinajstić information content (AvgIpc) is 2.53. The molecule has 0 aliphatic carbocycles. The third kappa shape index (κ3) is 3.67. The highest BCUT2D eigenvalue weighted by Crippen LogP contribution is 2.39. The van der Waals surface area contributed by atoms with Crippen molar-refractivity contribution in [3.63, 3.8) is 0 Å². The highest BCUT2D eigenvalue weighted by Gasteiger charge is 2.21. The molecule has 2 heterocycles. The van der Waals surface area contributed by atoms with Crippen LogP contribution in [0.25, 0.3) is 0 Å². The Morgan fingerprint density at radius 2 is 2.05 bits per heavy atom. The molecule has 2 aliphatic heterocycles. The highest BCUT2D eigenvalue weighted by molar-refractivity contribution is 7.97. The van der Waals surface area contributed by atoms with Gasteiger partial charge in [0.1, 0.15) is 5.75 Å². The van der Waals surface area contributed by atoms with Crippen molar-refractivity contribution in [1.29, 1.82) is 0 Å². The van der Waals surface area contributed by atoms with E-state index >= 15 is 0 Å². The molecule has 0 radical (unpaired) electrons. The maximum atomic E-state index is 5.69. The first kappa shape index (κ1) is 14.2. The van der Waals surface area contributed by atoms with Crippen molar-refractivity contribution in [3.8, 4) is 5.75 Å². The van der Waals surface area contributed by atoms with E-state index in [1.54, 1.807) is 0 Å². The second-order valence-electron chi connectivity index (χ2n) is 5.13. The maximum absolute atomic E-state index is 5.69. The quantitative estimate of drug-likeness (QED) is 0.664. The second-order valence-corrected chi connectivity index (χ2v) is 6.22. The SMILES string of the molecule is c1ccc2c(c1)OCCC2SNCCN1CCOCC1. The minimum atomic E-state index is 0.504. The number of hydrogen-bond acceptors (Lipinski definition) is 5. The van der Waals surface area contributed by atoms with Crippen molar-refractivity contribution < 1.29 is 9.47 Å². The molecule has 1 fully saturated rings. The summed E-state index contributed by atoms with van der Waals surface area (Å²) in [7, 11) is 0. The summed E-state index contributed by atoms with van der Waals surface area (Å²) in [5, 5.41) is 0.504. The van der Waals surface area contributed by atoms with Gasteiger partial charge in [-0.25, -0.2) is 0 Å². The van der Waals surface area contributed by atoms with Crippen LogP contribution in [0.3, 0.4) is 0 Å². The fourth-order valence-corrected chi connectivity index (χ4v) is 3.57. The molecule has 3 rings (SSSR count). The monoisotopic (exact) mass is 294 g/mol. The smallest absolute Gasteiger partial charge is 0.123 e. The van der Waals surface area contributed by atoms with E-state index in [0.29, 0.717) is 5.25 Å². The number of hydrogen-bond donors (Lipinski definition) is 1. The van der Waals surface area contributed by atoms with Crippen LogP contribution in [0.15, 0.2) is 24.3 Å². The van der Waals surface area contributed by atoms with E-state index < -0.39 is 0 Å². The minimum Gasteiger partial charge on any atom is -0.493 e. The Balaban J connectivity index is 1.43. The number of morpholine rings is 1. The Bertz CT molecular complexity index is 424. The van der Waals surface area contributed by atoms with Crippen LogP contribution in [0.5, 0.6) is 5.75 Å². The van der Waals surface area contributed by atoms with Crippen LogP contribution in [0.4, 0.5) is 0 Å². The molecule has 20 heavy (non-hydrogen) atoms. The number of para-hydroxylation sites is 1. The van der Waals surface area contributed by atoms with E-state index in [1.807, 2.05) is 18.0 Å². The zero-order valence-corrected chi connectivity index (χ0v) is 12.5. The van der Waals surface area contributed by atoms with Crippen LogP contribution in [0.2, 0.25) is 0 Å². The molecule has 0 saturated carbocycles. The molecule has 1 aromatic carbocycles. The van der Waals surface area contributed by atoms with E-state index in [9.17, 15) is 0 Å². The van der Waals surface area contributed by atoms with Gasteiger partial charge in [0.2, 0.25) is 0 Å². The molecule has 0 amide bonds. The average molecular weight is 294 g/mol. The molecule has 5 heteroatoms. The topological polar surface area (TPSA) is 33.7 Å². The van der Waals surface area contributed by atoms with Crippen LogP contribution in [0.1, 0.15) is 17.2 Å². The van der Waals surface area contributed by atoms with Gasteiger partial charge in [0.05, 0.1) is 25.1 Å². The third-order valence-corrected chi connectivity index (χ3v) is 4.91. The Kier molecular flexibility index (Phi) is 5.19. The summed E-state index contributed by atoms with van der Waals surface area (Å²) >= 11 is 1.84. The summed E-state index contributed by atoms with van der Waals surface area (Å²) in [5.41, 5.74) is 1.32. The van der Waals surface area contributed by atoms with Gasteiger partial charge in [-0.1, -0.05) is 30.1 Å². The number of nitrogens with zero attached hydrogens (tertiary/aromatic N) is 1. The van der Waals surface area contributed by atoms with Gasteiger partial charge in [0.25, 0.3) is 0 Å². The summed E-state index contributed by atoms with van der Waals surface area (Å²) < 4.78 is 14.6. The molecule has 1 aromatic rings. The molecule has 1 N–H and O–H groups in total. The van der Waals surface area contributed by atoms with E-state index in [2.05, 4.69) is 27.8 Å². The molecule has 1 saturated heterocycles. The van der Waals surface area contributed by atoms with Gasteiger partial charge in [-0.3, -0.25) is 9.62 Å². The first-order valence-corrected chi connectivity index (χ1v) is 8.22. The minimum absolute atomic E-state index is 0.504. The van der Waals surface area contributed by atoms with Gasteiger partial charge in [0.15, 0.2) is 0 Å². The molecule has 0 spiro atoms. The zero-order valence-electron chi connectivity index (χ0n) is 11.7. The first-order valence-electron chi connectivity index (χ1n) is 7.34. The van der Waals surface area contributed by atoms with Gasteiger partial charge in [-0.2, -0.15) is 0 Å². The van der Waals surface area contributed by atoms with Crippen LogP contribution < -0.4 is 9.46 Å². The fraction of sp³-hybridized carbons (Fsp3) is 0.600. The summed E-state index contributed by atoms with van der Waals surface area (Å²) in [4.78, 5) is 2.45. The lowest BCUT2D eigenvalue weighted by Crippen LogP contribution is -2.39. The van der Waals surface area contributed by atoms with Crippen molar-refractivity contribution in [2.75, 3.05) is 46.0 Å². The Hall–Kier alpha value is -0.750. The lowest BCUT2D eigenvalue weighted by molar-refractivity contribution is 0.0391. The normalized spacial score (nSPS) is 23.1. The third-order valence-electron chi connectivity index (χ3n) is 3.76. The Morgan fingerprint density at radius 1 is 1.20 bits per heavy atom. The van der Waals surface area contributed by atoms with Gasteiger partial charge >= 0.3 is 0 Å². The number of ether oxygens (including phenoxy) is 2. The Morgan fingerprint density at radius 3 is 2.95 bits per heavy atom. The van der Waals surface area contributed by atoms with Crippen LogP contribution in [0, 0.1) is 0 Å². The number of nitrogens with one attached hydrogen (secondary N) is 1. The van der Waals surface area contributed by atoms with Crippen molar-refractivity contribution in [2.45, 2.75) is 11.7 Å². The molecule has 4 nitrogen and oxygen atoms in total. The number of benzene rings is 1. The van der Waals surface area contributed by atoms with Gasteiger partial charge in [-0.05, 0) is 12.5 Å². The van der Waals surface area contributed by atoms with Gasteiger partial charge in [0, 0.05) is 31.7 Å². The largest absolute Gasteiger partial charge is 0.493 e. The molecule has 1 unspecified atom stereocenters. The summed E-state index contributed by atoms with van der Waals surface area (Å²) in [6.45, 7) is 6.81. The molecular weight excluding hydrogens is 272 g/mol. The predicted molar refractivity (Wildman–Crippen MR) is 82.1 cm³/mol. The van der Waals surface area contributed by atoms with Crippen molar-refractivity contribution >= 4 is 11.9 Å². The summed E-state index contributed by atoms with van der Waals surface area (Å²) in [6.07, 6.45) is 1.08. The van der Waals surface area contributed by atoms with Crippen molar-refractivity contribution in [2.24, 2.45) is 0 Å². The van der Waals surface area contributed by atoms with Crippen LogP contribution in [-0.2, 0) is 4.74 Å². The fourth-order valence-electron chi connectivity index (χ4n) is 2.62. The summed E-state index contributed by atoms with van der Waals surface area (Å²) in [5.74, 6) is 1.05. The first-order chi connectivity index (χ1) is 9.93. The van der Waals surface area contributed by atoms with Gasteiger partial charge < -0.3 is 9.47 Å². The van der Waals surface area contributed by atoms with E-state index in [0.717, 1.165) is 58.2 Å². The zero-order chi connectivity index (χ0) is 13.6. The molecule has 110 valence electrons. The van der Waals surface area contributed by atoms with Crippen LogP contribution in [-0.4, -0.2) is 50.9 Å².